The van der Waals surface area contributed by atoms with Crippen molar-refractivity contribution in [3.63, 3.8) is 0 Å². The number of H-pyrrole nitrogens is 1. The van der Waals surface area contributed by atoms with Gasteiger partial charge in [0.15, 0.2) is 5.76 Å². The Balaban J connectivity index is 1.46. The maximum absolute atomic E-state index is 12.2. The molecule has 3 aromatic rings. The van der Waals surface area contributed by atoms with Crippen molar-refractivity contribution in [2.24, 2.45) is 0 Å². The first-order valence-corrected chi connectivity index (χ1v) is 7.10. The number of aromatic amines is 1. The standard InChI is InChI=1S/C15H12N4O4/c20-15(12-5-6-13(23-12)19(21)22)18-7-9(8-18)14-16-10-3-1-2-4-11(10)17-14/h1-6,9H,7-8H2,(H,16,17). The van der Waals surface area contributed by atoms with Crippen molar-refractivity contribution < 1.29 is 14.1 Å². The van der Waals surface area contributed by atoms with Crippen molar-refractivity contribution in [1.82, 2.24) is 14.9 Å². The molecule has 8 heteroatoms. The average Bonchev–Trinajstić information content (AvgIpc) is 3.12. The number of benzene rings is 1. The predicted molar refractivity (Wildman–Crippen MR) is 80.1 cm³/mol. The minimum Gasteiger partial charge on any atom is -0.395 e. The molecule has 8 nitrogen and oxygen atoms in total. The number of hydrogen-bond acceptors (Lipinski definition) is 5. The summed E-state index contributed by atoms with van der Waals surface area (Å²) in [5.41, 5.74) is 1.86. The third kappa shape index (κ3) is 2.24. The minimum atomic E-state index is -0.663. The average molecular weight is 312 g/mol. The molecule has 0 bridgehead atoms. The molecule has 1 aliphatic heterocycles. The molecule has 1 amide bonds. The van der Waals surface area contributed by atoms with Gasteiger partial charge >= 0.3 is 5.88 Å². The van der Waals surface area contributed by atoms with Crippen LogP contribution in [-0.2, 0) is 0 Å². The zero-order chi connectivity index (χ0) is 16.0. The first kappa shape index (κ1) is 13.5. The third-order valence-corrected chi connectivity index (χ3v) is 3.95. The number of para-hydroxylation sites is 2. The Morgan fingerprint density at radius 1 is 1.30 bits per heavy atom. The number of rotatable bonds is 3. The molecule has 0 radical (unpaired) electrons. The summed E-state index contributed by atoms with van der Waals surface area (Å²) in [4.78, 5) is 31.5. The molecule has 116 valence electrons. The van der Waals surface area contributed by atoms with E-state index in [1.165, 1.54) is 12.1 Å². The Labute approximate surface area is 129 Å². The van der Waals surface area contributed by atoms with E-state index < -0.39 is 10.8 Å². The van der Waals surface area contributed by atoms with E-state index in [1.54, 1.807) is 4.90 Å². The number of hydrogen-bond donors (Lipinski definition) is 1. The molecule has 23 heavy (non-hydrogen) atoms. The number of nitrogens with zero attached hydrogens (tertiary/aromatic N) is 3. The summed E-state index contributed by atoms with van der Waals surface area (Å²) in [6, 6.07) is 10.3. The van der Waals surface area contributed by atoms with Gasteiger partial charge < -0.3 is 14.3 Å². The van der Waals surface area contributed by atoms with E-state index in [0.717, 1.165) is 16.9 Å². The first-order valence-electron chi connectivity index (χ1n) is 7.10. The van der Waals surface area contributed by atoms with E-state index >= 15 is 0 Å². The Morgan fingerprint density at radius 3 is 2.78 bits per heavy atom. The van der Waals surface area contributed by atoms with Crippen LogP contribution in [0.3, 0.4) is 0 Å². The second-order valence-corrected chi connectivity index (χ2v) is 5.44. The maximum Gasteiger partial charge on any atom is 0.433 e. The zero-order valence-corrected chi connectivity index (χ0v) is 11.9. The highest BCUT2D eigenvalue weighted by molar-refractivity contribution is 5.92. The summed E-state index contributed by atoms with van der Waals surface area (Å²) in [6.45, 7) is 1.01. The molecule has 0 saturated carbocycles. The summed E-state index contributed by atoms with van der Waals surface area (Å²) in [7, 11) is 0. The topological polar surface area (TPSA) is 105 Å². The highest BCUT2D eigenvalue weighted by Gasteiger charge is 2.35. The van der Waals surface area contributed by atoms with Crippen LogP contribution in [0.2, 0.25) is 0 Å². The molecular weight excluding hydrogens is 300 g/mol. The number of nitro groups is 1. The lowest BCUT2D eigenvalue weighted by atomic mass is 9.99. The lowest BCUT2D eigenvalue weighted by molar-refractivity contribution is -0.402. The van der Waals surface area contributed by atoms with Gasteiger partial charge in [-0.2, -0.15) is 0 Å². The molecular formula is C15H12N4O4. The first-order chi connectivity index (χ1) is 11.1. The van der Waals surface area contributed by atoms with Gasteiger partial charge in [0.2, 0.25) is 0 Å². The monoisotopic (exact) mass is 312 g/mol. The number of fused-ring (bicyclic) bond motifs is 1. The van der Waals surface area contributed by atoms with Gasteiger partial charge in [-0.3, -0.25) is 14.9 Å². The third-order valence-electron chi connectivity index (χ3n) is 3.95. The molecule has 1 N–H and O–H groups in total. The summed E-state index contributed by atoms with van der Waals surface area (Å²) >= 11 is 0. The molecule has 3 heterocycles. The Bertz CT molecular complexity index is 874. The normalized spacial score (nSPS) is 14.9. The second-order valence-electron chi connectivity index (χ2n) is 5.44. The minimum absolute atomic E-state index is 0.0141. The molecule has 0 aliphatic carbocycles. The quantitative estimate of drug-likeness (QED) is 0.590. The van der Waals surface area contributed by atoms with Crippen LogP contribution in [0, 0.1) is 10.1 Å². The number of amides is 1. The van der Waals surface area contributed by atoms with Crippen LogP contribution in [0.1, 0.15) is 22.3 Å². The fourth-order valence-corrected chi connectivity index (χ4v) is 2.68. The lowest BCUT2D eigenvalue weighted by Crippen LogP contribution is -2.48. The Morgan fingerprint density at radius 2 is 2.09 bits per heavy atom. The van der Waals surface area contributed by atoms with E-state index in [-0.39, 0.29) is 17.6 Å². The van der Waals surface area contributed by atoms with Crippen molar-refractivity contribution in [2.75, 3.05) is 13.1 Å². The molecule has 4 rings (SSSR count). The zero-order valence-electron chi connectivity index (χ0n) is 11.9. The number of nitrogens with one attached hydrogen (secondary N) is 1. The molecule has 0 atom stereocenters. The SMILES string of the molecule is O=C(c1ccc([N+](=O)[O-])o1)N1CC(c2nc3ccccc3[nH]2)C1. The van der Waals surface area contributed by atoms with Gasteiger partial charge in [0.1, 0.15) is 10.7 Å². The number of imidazole rings is 1. The van der Waals surface area contributed by atoms with Gasteiger partial charge in [-0.05, 0) is 18.2 Å². The van der Waals surface area contributed by atoms with Crippen LogP contribution < -0.4 is 0 Å². The highest BCUT2D eigenvalue weighted by Crippen LogP contribution is 2.29. The fraction of sp³-hybridized carbons (Fsp3) is 0.200. The molecule has 0 spiro atoms. The van der Waals surface area contributed by atoms with Crippen molar-refractivity contribution >= 4 is 22.8 Å². The maximum atomic E-state index is 12.2. The summed E-state index contributed by atoms with van der Waals surface area (Å²) in [5.74, 6) is 0.199. The summed E-state index contributed by atoms with van der Waals surface area (Å²) < 4.78 is 4.94. The number of furan rings is 1. The van der Waals surface area contributed by atoms with Crippen LogP contribution in [0.4, 0.5) is 5.88 Å². The van der Waals surface area contributed by atoms with Crippen LogP contribution >= 0.6 is 0 Å². The molecule has 2 aromatic heterocycles. The van der Waals surface area contributed by atoms with E-state index in [0.29, 0.717) is 13.1 Å². The van der Waals surface area contributed by atoms with Crippen LogP contribution in [0.15, 0.2) is 40.8 Å². The smallest absolute Gasteiger partial charge is 0.395 e. The van der Waals surface area contributed by atoms with Gasteiger partial charge in [-0.25, -0.2) is 4.98 Å². The van der Waals surface area contributed by atoms with E-state index in [2.05, 4.69) is 9.97 Å². The van der Waals surface area contributed by atoms with Crippen molar-refractivity contribution in [2.45, 2.75) is 5.92 Å². The molecule has 0 unspecified atom stereocenters. The Kier molecular flexibility index (Phi) is 2.90. The van der Waals surface area contributed by atoms with Gasteiger partial charge in [-0.1, -0.05) is 12.1 Å². The fourth-order valence-electron chi connectivity index (χ4n) is 2.68. The summed E-state index contributed by atoms with van der Waals surface area (Å²) in [5, 5.41) is 10.6. The summed E-state index contributed by atoms with van der Waals surface area (Å²) in [6.07, 6.45) is 0. The van der Waals surface area contributed by atoms with Gasteiger partial charge in [0.25, 0.3) is 5.91 Å². The number of carbonyl (C=O) groups is 1. The van der Waals surface area contributed by atoms with Gasteiger partial charge in [-0.15, -0.1) is 0 Å². The van der Waals surface area contributed by atoms with Crippen LogP contribution in [0.5, 0.6) is 0 Å². The lowest BCUT2D eigenvalue weighted by Gasteiger charge is -2.37. The van der Waals surface area contributed by atoms with E-state index in [9.17, 15) is 14.9 Å². The molecule has 1 fully saturated rings. The van der Waals surface area contributed by atoms with Gasteiger partial charge in [0.05, 0.1) is 23.0 Å². The number of aromatic nitrogens is 2. The van der Waals surface area contributed by atoms with E-state index in [4.69, 9.17) is 4.42 Å². The van der Waals surface area contributed by atoms with Crippen molar-refractivity contribution in [3.8, 4) is 0 Å². The number of likely N-dealkylation sites (tertiary alicyclic amines) is 1. The van der Waals surface area contributed by atoms with Crippen molar-refractivity contribution in [3.05, 3.63) is 58.1 Å². The second kappa shape index (κ2) is 4.94. The van der Waals surface area contributed by atoms with Crippen molar-refractivity contribution in [1.29, 1.82) is 0 Å². The largest absolute Gasteiger partial charge is 0.433 e. The van der Waals surface area contributed by atoms with Gasteiger partial charge in [0, 0.05) is 13.1 Å². The molecule has 1 aliphatic rings. The van der Waals surface area contributed by atoms with Crippen LogP contribution in [0.25, 0.3) is 11.0 Å². The number of carbonyl (C=O) groups excluding carboxylic acids is 1. The highest BCUT2D eigenvalue weighted by atomic mass is 16.6. The van der Waals surface area contributed by atoms with Crippen LogP contribution in [-0.4, -0.2) is 38.8 Å². The molecule has 1 aromatic carbocycles. The molecule has 1 saturated heterocycles. The Hall–Kier alpha value is -3.16. The predicted octanol–water partition coefficient (Wildman–Crippen LogP) is 2.30. The van der Waals surface area contributed by atoms with E-state index in [1.807, 2.05) is 24.3 Å².